The van der Waals surface area contributed by atoms with Gasteiger partial charge in [-0.2, -0.15) is 0 Å². The Morgan fingerprint density at radius 3 is 2.64 bits per heavy atom. The number of rotatable bonds is 5. The van der Waals surface area contributed by atoms with Gasteiger partial charge >= 0.3 is 0 Å². The van der Waals surface area contributed by atoms with Crippen LogP contribution in [0.2, 0.25) is 0 Å². The molecule has 28 heavy (non-hydrogen) atoms. The van der Waals surface area contributed by atoms with Crippen LogP contribution in [0.4, 0.5) is 0 Å². The molecule has 1 amide bonds. The van der Waals surface area contributed by atoms with Gasteiger partial charge in [0.15, 0.2) is 5.78 Å². The van der Waals surface area contributed by atoms with E-state index < -0.39 is 0 Å². The summed E-state index contributed by atoms with van der Waals surface area (Å²) in [4.78, 5) is 25.0. The molecular weight excluding hydrogens is 352 g/mol. The fraction of sp³-hybridized carbons (Fsp3) is 0.304. The fourth-order valence-corrected chi connectivity index (χ4v) is 3.44. The molecular formula is C23H26N2O3. The molecule has 3 rings (SSSR count). The van der Waals surface area contributed by atoms with Crippen LogP contribution in [-0.4, -0.2) is 30.9 Å². The zero-order valence-electron chi connectivity index (χ0n) is 16.8. The first-order valence-corrected chi connectivity index (χ1v) is 9.43. The van der Waals surface area contributed by atoms with E-state index in [0.29, 0.717) is 17.7 Å². The van der Waals surface area contributed by atoms with Gasteiger partial charge in [0.05, 0.1) is 7.11 Å². The molecule has 0 radical (unpaired) electrons. The molecule has 1 aliphatic rings. The van der Waals surface area contributed by atoms with Crippen molar-refractivity contribution in [1.82, 2.24) is 10.6 Å². The summed E-state index contributed by atoms with van der Waals surface area (Å²) in [6, 6.07) is 12.7. The Morgan fingerprint density at radius 2 is 1.93 bits per heavy atom. The van der Waals surface area contributed by atoms with Gasteiger partial charge in [-0.1, -0.05) is 18.2 Å². The van der Waals surface area contributed by atoms with Gasteiger partial charge in [-0.05, 0) is 57.0 Å². The lowest BCUT2D eigenvalue weighted by atomic mass is 9.85. The van der Waals surface area contributed by atoms with Crippen LogP contribution < -0.4 is 15.4 Å². The monoisotopic (exact) mass is 378 g/mol. The summed E-state index contributed by atoms with van der Waals surface area (Å²) in [5.74, 6) is 0.411. The van der Waals surface area contributed by atoms with E-state index in [2.05, 4.69) is 24.5 Å². The Balaban J connectivity index is 1.98. The fourth-order valence-electron chi connectivity index (χ4n) is 3.44. The van der Waals surface area contributed by atoms with Gasteiger partial charge in [-0.25, -0.2) is 0 Å². The number of nitrogens with one attached hydrogen (secondary N) is 2. The molecule has 146 valence electrons. The van der Waals surface area contributed by atoms with Crippen LogP contribution in [0.3, 0.4) is 0 Å². The number of hydrogen-bond acceptors (Lipinski definition) is 4. The Labute approximate surface area is 165 Å². The van der Waals surface area contributed by atoms with Gasteiger partial charge in [0.2, 0.25) is 0 Å². The Bertz CT molecular complexity index is 945. The zero-order chi connectivity index (χ0) is 20.3. The van der Waals surface area contributed by atoms with Crippen molar-refractivity contribution >= 4 is 17.4 Å². The highest BCUT2D eigenvalue weighted by atomic mass is 16.5. The number of hydrogen-bond donors (Lipinski definition) is 2. The van der Waals surface area contributed by atoms with E-state index in [0.717, 1.165) is 23.4 Å². The molecule has 0 aliphatic carbocycles. The molecule has 2 aromatic carbocycles. The standard InChI is InChI=1S/C23H26N2O3/c1-5-24-22(27)16-8-6-7-15(11-16)21(26)13-20-19-12-18(28-4)10-9-17(19)14-23(2,3)25-20/h6-13,25H,5,14H2,1-4H3,(H,24,27). The van der Waals surface area contributed by atoms with Crippen LogP contribution in [0.15, 0.2) is 48.5 Å². The average Bonchev–Trinajstić information content (AvgIpc) is 2.67. The number of carbonyl (C=O) groups is 2. The van der Waals surface area contributed by atoms with E-state index in [-0.39, 0.29) is 17.2 Å². The highest BCUT2D eigenvalue weighted by Gasteiger charge is 2.28. The van der Waals surface area contributed by atoms with E-state index in [1.807, 2.05) is 25.1 Å². The SMILES string of the molecule is CCNC(=O)c1cccc(C(=O)C=C2NC(C)(C)Cc3ccc(OC)cc32)c1. The molecule has 0 spiro atoms. The second kappa shape index (κ2) is 7.89. The highest BCUT2D eigenvalue weighted by molar-refractivity contribution is 6.10. The number of ketones is 1. The quantitative estimate of drug-likeness (QED) is 0.616. The molecule has 1 aliphatic heterocycles. The van der Waals surface area contributed by atoms with E-state index >= 15 is 0 Å². The molecule has 5 nitrogen and oxygen atoms in total. The second-order valence-electron chi connectivity index (χ2n) is 7.57. The van der Waals surface area contributed by atoms with E-state index in [1.165, 1.54) is 5.56 Å². The first-order chi connectivity index (χ1) is 13.3. The number of benzene rings is 2. The number of carbonyl (C=O) groups excluding carboxylic acids is 2. The van der Waals surface area contributed by atoms with Crippen LogP contribution in [0.5, 0.6) is 5.75 Å². The first-order valence-electron chi connectivity index (χ1n) is 9.43. The van der Waals surface area contributed by atoms with Crippen molar-refractivity contribution in [3.63, 3.8) is 0 Å². The van der Waals surface area contributed by atoms with Gasteiger partial charge in [-0.15, -0.1) is 0 Å². The summed E-state index contributed by atoms with van der Waals surface area (Å²) in [6.07, 6.45) is 2.46. The van der Waals surface area contributed by atoms with Crippen LogP contribution >= 0.6 is 0 Å². The lowest BCUT2D eigenvalue weighted by molar-refractivity contribution is 0.0956. The topological polar surface area (TPSA) is 67.4 Å². The van der Waals surface area contributed by atoms with Crippen LogP contribution in [0.1, 0.15) is 52.6 Å². The summed E-state index contributed by atoms with van der Waals surface area (Å²) < 4.78 is 5.35. The predicted octanol–water partition coefficient (Wildman–Crippen LogP) is 3.59. The Hall–Kier alpha value is -3.08. The van der Waals surface area contributed by atoms with Crippen molar-refractivity contribution in [2.45, 2.75) is 32.7 Å². The molecule has 0 atom stereocenters. The third kappa shape index (κ3) is 4.25. The highest BCUT2D eigenvalue weighted by Crippen LogP contribution is 2.32. The molecule has 1 heterocycles. The van der Waals surface area contributed by atoms with Gasteiger partial charge in [0.25, 0.3) is 5.91 Å². The minimum atomic E-state index is -0.184. The largest absolute Gasteiger partial charge is 0.497 e. The summed E-state index contributed by atoms with van der Waals surface area (Å²) >= 11 is 0. The summed E-state index contributed by atoms with van der Waals surface area (Å²) in [7, 11) is 1.63. The van der Waals surface area contributed by atoms with E-state index in [4.69, 9.17) is 4.74 Å². The van der Waals surface area contributed by atoms with Crippen molar-refractivity contribution in [2.75, 3.05) is 13.7 Å². The zero-order valence-corrected chi connectivity index (χ0v) is 16.8. The predicted molar refractivity (Wildman–Crippen MR) is 111 cm³/mol. The Kier molecular flexibility index (Phi) is 5.54. The van der Waals surface area contributed by atoms with Crippen molar-refractivity contribution in [3.8, 4) is 5.75 Å². The van der Waals surface area contributed by atoms with Crippen molar-refractivity contribution in [1.29, 1.82) is 0 Å². The molecule has 0 saturated heterocycles. The van der Waals surface area contributed by atoms with Gasteiger partial charge in [-0.3, -0.25) is 9.59 Å². The number of allylic oxidation sites excluding steroid dienone is 1. The van der Waals surface area contributed by atoms with Gasteiger partial charge in [0.1, 0.15) is 5.75 Å². The molecule has 2 N–H and O–H groups in total. The molecule has 0 saturated carbocycles. The molecule has 0 aromatic heterocycles. The lowest BCUT2D eigenvalue weighted by Crippen LogP contribution is -2.43. The van der Waals surface area contributed by atoms with Gasteiger partial charge in [0, 0.05) is 40.5 Å². The number of amides is 1. The molecule has 5 heteroatoms. The minimum absolute atomic E-state index is 0.153. The summed E-state index contributed by atoms with van der Waals surface area (Å²) in [5.41, 5.74) is 3.68. The normalized spacial score (nSPS) is 16.1. The molecule has 0 fully saturated rings. The molecule has 0 unspecified atom stereocenters. The number of fused-ring (bicyclic) bond motifs is 1. The van der Waals surface area contributed by atoms with Gasteiger partial charge < -0.3 is 15.4 Å². The van der Waals surface area contributed by atoms with Crippen molar-refractivity contribution in [2.24, 2.45) is 0 Å². The maximum absolute atomic E-state index is 12.9. The van der Waals surface area contributed by atoms with Crippen LogP contribution in [0, 0.1) is 0 Å². The minimum Gasteiger partial charge on any atom is -0.497 e. The third-order valence-corrected chi connectivity index (χ3v) is 4.73. The number of ether oxygens (including phenoxy) is 1. The van der Waals surface area contributed by atoms with Crippen molar-refractivity contribution in [3.05, 3.63) is 70.8 Å². The maximum atomic E-state index is 12.9. The first kappa shape index (κ1) is 19.7. The summed E-state index contributed by atoms with van der Waals surface area (Å²) in [6.45, 7) is 6.61. The number of methoxy groups -OCH3 is 1. The van der Waals surface area contributed by atoms with Crippen LogP contribution in [0.25, 0.3) is 5.70 Å². The molecule has 2 aromatic rings. The van der Waals surface area contributed by atoms with E-state index in [1.54, 1.807) is 37.5 Å². The third-order valence-electron chi connectivity index (χ3n) is 4.73. The smallest absolute Gasteiger partial charge is 0.251 e. The van der Waals surface area contributed by atoms with E-state index in [9.17, 15) is 9.59 Å². The molecule has 0 bridgehead atoms. The maximum Gasteiger partial charge on any atom is 0.251 e. The lowest BCUT2D eigenvalue weighted by Gasteiger charge is -2.35. The van der Waals surface area contributed by atoms with Crippen LogP contribution in [-0.2, 0) is 6.42 Å². The van der Waals surface area contributed by atoms with Crippen molar-refractivity contribution < 1.29 is 14.3 Å². The second-order valence-corrected chi connectivity index (χ2v) is 7.57. The summed E-state index contributed by atoms with van der Waals surface area (Å²) in [5, 5.41) is 6.22. The Morgan fingerprint density at radius 1 is 1.18 bits per heavy atom. The average molecular weight is 378 g/mol.